The SMILES string of the molecule is C=CC(=O)OCCC[Si-](C)(C)OC(C)CC(O)(C(F)(F)F)C(F)(F)F. The van der Waals surface area contributed by atoms with Crippen LogP contribution in [0.1, 0.15) is 19.8 Å². The van der Waals surface area contributed by atoms with Gasteiger partial charge in [-0.25, -0.2) is 4.79 Å². The molecule has 0 amide bonds. The van der Waals surface area contributed by atoms with Gasteiger partial charge >= 0.3 is 18.3 Å². The number of halogens is 6. The smallest absolute Gasteiger partial charge is 0.426 e. The molecule has 1 N–H and O–H groups in total. The highest BCUT2D eigenvalue weighted by Crippen LogP contribution is 2.46. The fourth-order valence-electron chi connectivity index (χ4n) is 2.18. The standard InChI is InChI=1S/C14H22F6O4Si/c1-5-11(21)23-7-6-8-25(3,4)24-10(2)9-12(22,13(15,16)17)14(18,19)20/h5,10,22H,1,6-9H2,2-4H3/q-1. The molecule has 0 aliphatic heterocycles. The first-order valence-electron chi connectivity index (χ1n) is 7.38. The lowest BCUT2D eigenvalue weighted by Crippen LogP contribution is -2.58. The van der Waals surface area contributed by atoms with E-state index in [1.165, 1.54) is 0 Å². The van der Waals surface area contributed by atoms with Crippen molar-refractivity contribution in [3.05, 3.63) is 12.7 Å². The molecular formula is C14H22F6O4Si-. The predicted octanol–water partition coefficient (Wildman–Crippen LogP) is 3.96. The molecule has 0 spiro atoms. The van der Waals surface area contributed by atoms with Crippen LogP contribution in [0, 0.1) is 0 Å². The predicted molar refractivity (Wildman–Crippen MR) is 80.3 cm³/mol. The van der Waals surface area contributed by atoms with Crippen LogP contribution in [-0.2, 0) is 14.0 Å². The van der Waals surface area contributed by atoms with Gasteiger partial charge in [-0.15, -0.1) is 19.1 Å². The molecule has 11 heteroatoms. The van der Waals surface area contributed by atoms with Gasteiger partial charge in [-0.3, -0.25) is 0 Å². The molecule has 0 rings (SSSR count). The molecule has 4 nitrogen and oxygen atoms in total. The molecule has 0 aromatic heterocycles. The van der Waals surface area contributed by atoms with Crippen molar-refractivity contribution in [2.24, 2.45) is 0 Å². The Bertz CT molecular complexity index is 447. The molecule has 0 aromatic carbocycles. The Morgan fingerprint density at radius 3 is 2.08 bits per heavy atom. The fraction of sp³-hybridized carbons (Fsp3) is 0.786. The second kappa shape index (κ2) is 8.54. The molecule has 0 aliphatic rings. The first kappa shape index (κ1) is 23.9. The topological polar surface area (TPSA) is 55.8 Å². The summed E-state index contributed by atoms with van der Waals surface area (Å²) in [5, 5.41) is 9.17. The Morgan fingerprint density at radius 1 is 1.20 bits per heavy atom. The highest BCUT2D eigenvalue weighted by atomic mass is 28.4. The number of carbonyl (C=O) groups excluding carboxylic acids is 1. The Morgan fingerprint density at radius 2 is 1.68 bits per heavy atom. The van der Waals surface area contributed by atoms with Crippen molar-refractivity contribution >= 4 is 14.3 Å². The molecule has 0 heterocycles. The summed E-state index contributed by atoms with van der Waals surface area (Å²) < 4.78 is 86.2. The van der Waals surface area contributed by atoms with E-state index in [0.717, 1.165) is 13.0 Å². The Labute approximate surface area is 142 Å². The molecule has 25 heavy (non-hydrogen) atoms. The summed E-state index contributed by atoms with van der Waals surface area (Å²) in [5.41, 5.74) is -4.83. The van der Waals surface area contributed by atoms with Gasteiger partial charge in [0.05, 0.1) is 6.61 Å². The van der Waals surface area contributed by atoms with Crippen molar-refractivity contribution in [1.29, 1.82) is 0 Å². The van der Waals surface area contributed by atoms with Gasteiger partial charge in [-0.2, -0.15) is 26.3 Å². The lowest BCUT2D eigenvalue weighted by molar-refractivity contribution is -0.373. The van der Waals surface area contributed by atoms with E-state index in [1.54, 1.807) is 13.1 Å². The third-order valence-corrected chi connectivity index (χ3v) is 5.97. The maximum absolute atomic E-state index is 12.7. The van der Waals surface area contributed by atoms with Gasteiger partial charge in [0.15, 0.2) is 0 Å². The molecule has 0 aliphatic carbocycles. The Balaban J connectivity index is 4.76. The molecule has 1 unspecified atom stereocenters. The maximum Gasteiger partial charge on any atom is 0.426 e. The lowest BCUT2D eigenvalue weighted by atomic mass is 9.95. The number of rotatable bonds is 9. The van der Waals surface area contributed by atoms with Crippen molar-refractivity contribution in [3.63, 3.8) is 0 Å². The summed E-state index contributed by atoms with van der Waals surface area (Å²) in [6.07, 6.45) is -13.5. The summed E-state index contributed by atoms with van der Waals surface area (Å²) in [7, 11) is -2.63. The quantitative estimate of drug-likeness (QED) is 0.211. The highest BCUT2D eigenvalue weighted by Gasteiger charge is 2.70. The first-order valence-corrected chi connectivity index (χ1v) is 10.5. The largest absolute Gasteiger partial charge is 0.563 e. The van der Waals surface area contributed by atoms with Crippen molar-refractivity contribution in [2.45, 2.75) is 63.0 Å². The lowest BCUT2D eigenvalue weighted by Gasteiger charge is -2.42. The summed E-state index contributed by atoms with van der Waals surface area (Å²) in [4.78, 5) is 10.9. The highest BCUT2D eigenvalue weighted by molar-refractivity contribution is 6.71. The van der Waals surface area contributed by atoms with E-state index >= 15 is 0 Å². The second-order valence-electron chi connectivity index (χ2n) is 6.22. The number of hydrogen-bond acceptors (Lipinski definition) is 4. The van der Waals surface area contributed by atoms with Crippen LogP contribution in [0.3, 0.4) is 0 Å². The zero-order chi connectivity index (χ0) is 20.1. The maximum atomic E-state index is 12.7. The number of alkyl halides is 6. The number of aliphatic hydroxyl groups is 1. The van der Waals surface area contributed by atoms with Crippen molar-refractivity contribution in [2.75, 3.05) is 6.61 Å². The van der Waals surface area contributed by atoms with E-state index in [4.69, 9.17) is 9.16 Å². The van der Waals surface area contributed by atoms with Gasteiger partial charge < -0.3 is 14.3 Å². The van der Waals surface area contributed by atoms with Crippen LogP contribution in [0.25, 0.3) is 0 Å². The Hall–Kier alpha value is -1.07. The first-order chi connectivity index (χ1) is 11.1. The normalized spacial score (nSPS) is 15.0. The Kier molecular flexibility index (Phi) is 8.17. The minimum atomic E-state index is -5.87. The third-order valence-electron chi connectivity index (χ3n) is 3.38. The number of hydrogen-bond donors (Lipinski definition) is 1. The summed E-state index contributed by atoms with van der Waals surface area (Å²) in [5.74, 6) is -0.630. The summed E-state index contributed by atoms with van der Waals surface area (Å²) in [6, 6.07) is 0.345. The van der Waals surface area contributed by atoms with E-state index in [9.17, 15) is 36.2 Å². The van der Waals surface area contributed by atoms with Gasteiger partial charge in [0, 0.05) is 18.6 Å². The number of esters is 1. The minimum Gasteiger partial charge on any atom is -0.563 e. The van der Waals surface area contributed by atoms with Crippen molar-refractivity contribution < 1.29 is 45.4 Å². The minimum absolute atomic E-state index is 0.0358. The summed E-state index contributed by atoms with van der Waals surface area (Å²) >= 11 is 0. The van der Waals surface area contributed by atoms with E-state index < -0.39 is 44.8 Å². The van der Waals surface area contributed by atoms with Gasteiger partial charge in [0.25, 0.3) is 5.60 Å². The number of ether oxygens (including phenoxy) is 1. The van der Waals surface area contributed by atoms with Crippen LogP contribution < -0.4 is 0 Å². The van der Waals surface area contributed by atoms with Crippen LogP contribution in [0.15, 0.2) is 12.7 Å². The van der Waals surface area contributed by atoms with Crippen molar-refractivity contribution in [1.82, 2.24) is 0 Å². The van der Waals surface area contributed by atoms with E-state index in [1.807, 2.05) is 0 Å². The van der Waals surface area contributed by atoms with Gasteiger partial charge in [0.2, 0.25) is 0 Å². The van der Waals surface area contributed by atoms with E-state index in [2.05, 4.69) is 6.58 Å². The number of carbonyl (C=O) groups is 1. The third kappa shape index (κ3) is 7.36. The molecule has 0 radical (unpaired) electrons. The average molecular weight is 396 g/mol. The van der Waals surface area contributed by atoms with Crippen LogP contribution in [0.5, 0.6) is 0 Å². The summed E-state index contributed by atoms with van der Waals surface area (Å²) in [6.45, 7) is 7.51. The fourth-order valence-corrected chi connectivity index (χ4v) is 4.47. The van der Waals surface area contributed by atoms with Crippen molar-refractivity contribution in [3.8, 4) is 0 Å². The molecule has 0 bridgehead atoms. The van der Waals surface area contributed by atoms with Gasteiger partial charge in [0.1, 0.15) is 0 Å². The van der Waals surface area contributed by atoms with Crippen LogP contribution in [0.2, 0.25) is 19.1 Å². The molecule has 149 valence electrons. The molecule has 0 saturated carbocycles. The second-order valence-corrected chi connectivity index (χ2v) is 10.5. The molecule has 0 aromatic rings. The molecule has 0 saturated heterocycles. The van der Waals surface area contributed by atoms with Crippen LogP contribution >= 0.6 is 0 Å². The zero-order valence-electron chi connectivity index (χ0n) is 14.1. The molecule has 0 fully saturated rings. The van der Waals surface area contributed by atoms with E-state index in [0.29, 0.717) is 12.5 Å². The molecular weight excluding hydrogens is 374 g/mol. The van der Waals surface area contributed by atoms with Gasteiger partial charge in [-0.05, 0) is 21.7 Å². The zero-order valence-corrected chi connectivity index (χ0v) is 15.1. The van der Waals surface area contributed by atoms with Crippen LogP contribution in [0.4, 0.5) is 26.3 Å². The van der Waals surface area contributed by atoms with E-state index in [-0.39, 0.29) is 6.61 Å². The van der Waals surface area contributed by atoms with Gasteiger partial charge in [-0.1, -0.05) is 6.58 Å². The monoisotopic (exact) mass is 396 g/mol. The molecule has 1 atom stereocenters. The van der Waals surface area contributed by atoms with Crippen LogP contribution in [-0.4, -0.2) is 50.1 Å². The average Bonchev–Trinajstić information content (AvgIpc) is 2.39.